The first-order valence-corrected chi connectivity index (χ1v) is 8.52. The number of alkyl halides is 3. The average molecular weight is 380 g/mol. The van der Waals surface area contributed by atoms with Crippen LogP contribution >= 0.6 is 0 Å². The lowest BCUT2D eigenvalue weighted by atomic mass is 10.1. The topological polar surface area (TPSA) is 34.0 Å². The molecule has 2 aromatic rings. The van der Waals surface area contributed by atoms with Gasteiger partial charge in [0, 0.05) is 0 Å². The van der Waals surface area contributed by atoms with Crippen molar-refractivity contribution in [2.45, 2.75) is 32.4 Å². The van der Waals surface area contributed by atoms with Crippen LogP contribution in [0.4, 0.5) is 17.6 Å². The molecule has 0 aliphatic rings. The number of unbranched alkanes of at least 4 members (excludes halogenated alkanes) is 1. The van der Waals surface area contributed by atoms with Crippen LogP contribution in [-0.4, -0.2) is 25.2 Å². The van der Waals surface area contributed by atoms with Crippen LogP contribution < -0.4 is 4.74 Å². The number of halogens is 4. The van der Waals surface area contributed by atoms with E-state index in [4.69, 9.17) is 0 Å². The van der Waals surface area contributed by atoms with E-state index in [-0.39, 0.29) is 0 Å². The Labute approximate surface area is 155 Å². The number of aryl methyl sites for hydroxylation is 1. The van der Waals surface area contributed by atoms with Crippen molar-refractivity contribution in [1.29, 1.82) is 0 Å². The Morgan fingerprint density at radius 2 is 1.59 bits per heavy atom. The Kier molecular flexibility index (Phi) is 7.52. The first kappa shape index (κ1) is 20.6. The van der Waals surface area contributed by atoms with Crippen LogP contribution in [0.3, 0.4) is 0 Å². The second kappa shape index (κ2) is 9.85. The maximum atomic E-state index is 13.7. The molecule has 27 heavy (non-hydrogen) atoms. The highest BCUT2D eigenvalue weighted by Gasteiger charge is 2.28. The first-order valence-electron chi connectivity index (χ1n) is 8.52. The van der Waals surface area contributed by atoms with Gasteiger partial charge in [-0.1, -0.05) is 37.6 Å². The average Bonchev–Trinajstić information content (AvgIpc) is 2.63. The molecule has 0 N–H and O–H groups in total. The summed E-state index contributed by atoms with van der Waals surface area (Å²) in [6, 6.07) is 11.5. The van der Waals surface area contributed by atoms with Gasteiger partial charge in [-0.25, -0.2) is 4.39 Å². The molecular weight excluding hydrogens is 360 g/mol. The summed E-state index contributed by atoms with van der Waals surface area (Å²) in [5, 5.41) is 7.71. The Balaban J connectivity index is 1.91. The number of hydrogen-bond acceptors (Lipinski definition) is 3. The molecular formula is C20H20F4N2O. The third kappa shape index (κ3) is 7.60. The fourth-order valence-electron chi connectivity index (χ4n) is 2.23. The lowest BCUT2D eigenvalue weighted by molar-refractivity contribution is -0.153. The zero-order valence-corrected chi connectivity index (χ0v) is 14.8. The molecule has 144 valence electrons. The SMILES string of the molecule is CCCCc1ccc(/C=N/N=C/c2ccc(OCC(F)(F)F)c(F)c2)cc1. The molecule has 0 aliphatic carbocycles. The van der Waals surface area contributed by atoms with Crippen molar-refractivity contribution in [2.24, 2.45) is 10.2 Å². The highest BCUT2D eigenvalue weighted by Crippen LogP contribution is 2.21. The van der Waals surface area contributed by atoms with E-state index in [1.165, 1.54) is 17.8 Å². The molecule has 0 amide bonds. The Bertz CT molecular complexity index is 784. The Morgan fingerprint density at radius 1 is 0.963 bits per heavy atom. The summed E-state index contributed by atoms with van der Waals surface area (Å²) in [6.07, 6.45) is 1.69. The van der Waals surface area contributed by atoms with Gasteiger partial charge < -0.3 is 4.74 Å². The van der Waals surface area contributed by atoms with Crippen LogP contribution in [-0.2, 0) is 6.42 Å². The zero-order valence-electron chi connectivity index (χ0n) is 14.8. The predicted octanol–water partition coefficient (Wildman–Crippen LogP) is 5.56. The van der Waals surface area contributed by atoms with E-state index in [1.54, 1.807) is 6.21 Å². The van der Waals surface area contributed by atoms with Gasteiger partial charge in [-0.05, 0) is 47.7 Å². The van der Waals surface area contributed by atoms with Crippen LogP contribution in [0.25, 0.3) is 0 Å². The first-order chi connectivity index (χ1) is 12.9. The van der Waals surface area contributed by atoms with Gasteiger partial charge in [0.1, 0.15) is 0 Å². The molecule has 0 spiro atoms. The molecule has 0 saturated heterocycles. The van der Waals surface area contributed by atoms with Crippen LogP contribution in [0, 0.1) is 5.82 Å². The van der Waals surface area contributed by atoms with Crippen LogP contribution in [0.15, 0.2) is 52.7 Å². The molecule has 0 atom stereocenters. The summed E-state index contributed by atoms with van der Waals surface area (Å²) in [5.41, 5.74) is 2.51. The number of rotatable bonds is 8. The Hall–Kier alpha value is -2.70. The minimum Gasteiger partial charge on any atom is -0.481 e. The monoisotopic (exact) mass is 380 g/mol. The molecule has 0 aromatic heterocycles. The summed E-state index contributed by atoms with van der Waals surface area (Å²) >= 11 is 0. The van der Waals surface area contributed by atoms with E-state index in [0.717, 1.165) is 37.0 Å². The van der Waals surface area contributed by atoms with Crippen LogP contribution in [0.1, 0.15) is 36.5 Å². The largest absolute Gasteiger partial charge is 0.481 e. The van der Waals surface area contributed by atoms with Crippen LogP contribution in [0.2, 0.25) is 0 Å². The van der Waals surface area contributed by atoms with Crippen LogP contribution in [0.5, 0.6) is 5.75 Å². The van der Waals surface area contributed by atoms with Gasteiger partial charge >= 0.3 is 6.18 Å². The fourth-order valence-corrected chi connectivity index (χ4v) is 2.23. The molecule has 2 rings (SSSR count). The summed E-state index contributed by atoms with van der Waals surface area (Å²) < 4.78 is 54.4. The summed E-state index contributed by atoms with van der Waals surface area (Å²) in [5.74, 6) is -1.36. The Morgan fingerprint density at radius 3 is 2.19 bits per heavy atom. The van der Waals surface area contributed by atoms with Gasteiger partial charge in [-0.15, -0.1) is 0 Å². The summed E-state index contributed by atoms with van der Waals surface area (Å²) in [4.78, 5) is 0. The number of hydrogen-bond donors (Lipinski definition) is 0. The van der Waals surface area contributed by atoms with Crippen molar-refractivity contribution < 1.29 is 22.3 Å². The fraction of sp³-hybridized carbons (Fsp3) is 0.300. The molecule has 0 heterocycles. The molecule has 3 nitrogen and oxygen atoms in total. The quantitative estimate of drug-likeness (QED) is 0.335. The van der Waals surface area contributed by atoms with Gasteiger partial charge in [0.25, 0.3) is 0 Å². The number of nitrogens with zero attached hydrogens (tertiary/aromatic N) is 2. The second-order valence-electron chi connectivity index (χ2n) is 5.93. The van der Waals surface area contributed by atoms with Gasteiger partial charge in [-0.3, -0.25) is 0 Å². The minimum atomic E-state index is -4.52. The number of benzene rings is 2. The van der Waals surface area contributed by atoms with Crippen molar-refractivity contribution in [2.75, 3.05) is 6.61 Å². The lowest BCUT2D eigenvalue weighted by Gasteiger charge is -2.09. The maximum Gasteiger partial charge on any atom is 0.422 e. The highest BCUT2D eigenvalue weighted by molar-refractivity contribution is 5.82. The van der Waals surface area contributed by atoms with Gasteiger partial charge in [0.15, 0.2) is 18.2 Å². The smallest absolute Gasteiger partial charge is 0.422 e. The van der Waals surface area contributed by atoms with E-state index in [0.29, 0.717) is 5.56 Å². The zero-order chi connectivity index (χ0) is 19.7. The van der Waals surface area contributed by atoms with Gasteiger partial charge in [0.2, 0.25) is 0 Å². The molecule has 0 bridgehead atoms. The normalized spacial score (nSPS) is 12.2. The summed E-state index contributed by atoms with van der Waals surface area (Å²) in [6.45, 7) is 0.604. The van der Waals surface area contributed by atoms with Crippen molar-refractivity contribution in [3.63, 3.8) is 0 Å². The van der Waals surface area contributed by atoms with Crippen molar-refractivity contribution in [3.05, 3.63) is 65.0 Å². The van der Waals surface area contributed by atoms with E-state index < -0.39 is 24.3 Å². The third-order valence-corrected chi connectivity index (χ3v) is 3.63. The molecule has 0 aliphatic heterocycles. The van der Waals surface area contributed by atoms with E-state index >= 15 is 0 Å². The van der Waals surface area contributed by atoms with Crippen molar-refractivity contribution in [1.82, 2.24) is 0 Å². The van der Waals surface area contributed by atoms with Crippen molar-refractivity contribution in [3.8, 4) is 5.75 Å². The molecule has 0 radical (unpaired) electrons. The highest BCUT2D eigenvalue weighted by atomic mass is 19.4. The maximum absolute atomic E-state index is 13.7. The molecule has 0 fully saturated rings. The lowest BCUT2D eigenvalue weighted by Crippen LogP contribution is -2.19. The van der Waals surface area contributed by atoms with E-state index in [9.17, 15) is 17.6 Å². The third-order valence-electron chi connectivity index (χ3n) is 3.63. The predicted molar refractivity (Wildman–Crippen MR) is 98.2 cm³/mol. The molecule has 7 heteroatoms. The summed E-state index contributed by atoms with van der Waals surface area (Å²) in [7, 11) is 0. The molecule has 2 aromatic carbocycles. The van der Waals surface area contributed by atoms with Gasteiger partial charge in [0.05, 0.1) is 12.4 Å². The minimum absolute atomic E-state index is 0.360. The number of ether oxygens (including phenoxy) is 1. The molecule has 0 unspecified atom stereocenters. The standard InChI is InChI=1S/C20H20F4N2O/c1-2-3-4-15-5-7-16(8-6-15)12-25-26-13-17-9-10-19(18(21)11-17)27-14-20(22,23)24/h5-13H,2-4,14H2,1H3/b25-12+,26-13+. The van der Waals surface area contributed by atoms with Gasteiger partial charge in [-0.2, -0.15) is 23.4 Å². The van der Waals surface area contributed by atoms with E-state index in [2.05, 4.69) is 21.9 Å². The van der Waals surface area contributed by atoms with Crippen molar-refractivity contribution >= 4 is 12.4 Å². The molecule has 0 saturated carbocycles. The van der Waals surface area contributed by atoms with E-state index in [1.807, 2.05) is 24.3 Å². The second-order valence-corrected chi connectivity index (χ2v) is 5.93.